The van der Waals surface area contributed by atoms with Crippen LogP contribution in [0.2, 0.25) is 0 Å². The molecule has 2 atom stereocenters. The molecule has 0 bridgehead atoms. The average Bonchev–Trinajstić information content (AvgIpc) is 3.23. The highest BCUT2D eigenvalue weighted by molar-refractivity contribution is 6.42. The first-order valence-electron chi connectivity index (χ1n) is 10.1. The molecule has 0 saturated carbocycles. The van der Waals surface area contributed by atoms with E-state index in [2.05, 4.69) is 42.0 Å². The Balaban J connectivity index is 1.39. The van der Waals surface area contributed by atoms with Crippen LogP contribution in [0.1, 0.15) is 40.2 Å². The summed E-state index contributed by atoms with van der Waals surface area (Å²) < 4.78 is 0. The summed E-state index contributed by atoms with van der Waals surface area (Å²) in [6.07, 6.45) is 1.82. The van der Waals surface area contributed by atoms with Crippen LogP contribution in [0.4, 0.5) is 0 Å². The first-order chi connectivity index (χ1) is 13.6. The van der Waals surface area contributed by atoms with Crippen LogP contribution in [0.25, 0.3) is 0 Å². The molecule has 4 rings (SSSR count). The second kappa shape index (κ2) is 8.25. The van der Waals surface area contributed by atoms with E-state index in [9.17, 15) is 9.59 Å². The maximum atomic E-state index is 12.6. The summed E-state index contributed by atoms with van der Waals surface area (Å²) in [5, 5.41) is 0. The number of aryl methyl sites for hydroxylation is 1. The molecular weight excluding hydrogens is 350 g/mol. The van der Waals surface area contributed by atoms with Gasteiger partial charge in [-0.15, -0.1) is 0 Å². The molecule has 2 saturated heterocycles. The number of nitrogens with one attached hydrogen (secondary N) is 2. The van der Waals surface area contributed by atoms with Gasteiger partial charge in [-0.2, -0.15) is 0 Å². The van der Waals surface area contributed by atoms with E-state index in [-0.39, 0.29) is 5.91 Å². The van der Waals surface area contributed by atoms with Gasteiger partial charge in [0.2, 0.25) is 5.78 Å². The second-order valence-electron chi connectivity index (χ2n) is 7.84. The topological polar surface area (TPSA) is 61.4 Å². The number of rotatable bonds is 4. The Bertz CT molecular complexity index is 844. The molecule has 1 amide bonds. The van der Waals surface area contributed by atoms with Crippen LogP contribution in [-0.2, 0) is 4.79 Å². The van der Waals surface area contributed by atoms with Gasteiger partial charge in [0.05, 0.1) is 0 Å². The minimum Gasteiger partial charge on any atom is -0.336 e. The van der Waals surface area contributed by atoms with Crippen LogP contribution in [0.15, 0.2) is 54.6 Å². The Kier molecular flexibility index (Phi) is 5.55. The minimum atomic E-state index is -0.405. The van der Waals surface area contributed by atoms with Crippen LogP contribution in [0.3, 0.4) is 0 Å². The van der Waals surface area contributed by atoms with E-state index in [0.29, 0.717) is 36.5 Å². The van der Waals surface area contributed by atoms with Crippen molar-refractivity contribution in [3.05, 3.63) is 71.3 Å². The molecule has 0 aromatic heterocycles. The lowest BCUT2D eigenvalue weighted by atomic mass is 9.79. The van der Waals surface area contributed by atoms with E-state index < -0.39 is 5.78 Å². The molecule has 2 aliphatic rings. The third kappa shape index (κ3) is 3.73. The molecule has 2 aromatic rings. The molecule has 0 aliphatic carbocycles. The van der Waals surface area contributed by atoms with Gasteiger partial charge in [0.25, 0.3) is 5.91 Å². The summed E-state index contributed by atoms with van der Waals surface area (Å²) in [7, 11) is 0. The fraction of sp³-hybridized carbons (Fsp3) is 0.391. The zero-order chi connectivity index (χ0) is 19.5. The van der Waals surface area contributed by atoms with Crippen LogP contribution >= 0.6 is 0 Å². The lowest BCUT2D eigenvalue weighted by molar-refractivity contribution is -0.127. The van der Waals surface area contributed by atoms with Gasteiger partial charge >= 0.3 is 0 Å². The molecule has 0 spiro atoms. The molecule has 2 unspecified atom stereocenters. The van der Waals surface area contributed by atoms with Crippen LogP contribution in [0, 0.1) is 12.8 Å². The summed E-state index contributed by atoms with van der Waals surface area (Å²) in [5.74, 6) is 0.130. The maximum Gasteiger partial charge on any atom is 0.294 e. The molecule has 5 nitrogen and oxygen atoms in total. The maximum absolute atomic E-state index is 12.6. The normalized spacial score (nSPS) is 23.0. The predicted octanol–water partition coefficient (Wildman–Crippen LogP) is 2.68. The van der Waals surface area contributed by atoms with Gasteiger partial charge in [-0.1, -0.05) is 54.6 Å². The molecule has 2 heterocycles. The van der Waals surface area contributed by atoms with Crippen molar-refractivity contribution < 1.29 is 9.59 Å². The van der Waals surface area contributed by atoms with Gasteiger partial charge in [0.1, 0.15) is 0 Å². The highest BCUT2D eigenvalue weighted by Gasteiger charge is 2.38. The third-order valence-electron chi connectivity index (χ3n) is 6.18. The molecular formula is C23H27N3O2. The van der Waals surface area contributed by atoms with E-state index in [4.69, 9.17) is 0 Å². The first-order valence-corrected chi connectivity index (χ1v) is 10.1. The minimum absolute atomic E-state index is 0.350. The third-order valence-corrected chi connectivity index (χ3v) is 6.18. The fourth-order valence-electron chi connectivity index (χ4n) is 4.59. The Morgan fingerprint density at radius 3 is 2.36 bits per heavy atom. The van der Waals surface area contributed by atoms with Crippen molar-refractivity contribution in [2.75, 3.05) is 19.6 Å². The van der Waals surface area contributed by atoms with Gasteiger partial charge in [-0.25, -0.2) is 0 Å². The Morgan fingerprint density at radius 1 is 0.964 bits per heavy atom. The van der Waals surface area contributed by atoms with E-state index in [1.54, 1.807) is 29.2 Å². The number of hydrogen-bond donors (Lipinski definition) is 2. The number of amides is 1. The lowest BCUT2D eigenvalue weighted by Crippen LogP contribution is -2.47. The Hall–Kier alpha value is -2.50. The number of hydrazine groups is 1. The van der Waals surface area contributed by atoms with Gasteiger partial charge < -0.3 is 4.90 Å². The molecule has 2 aromatic carbocycles. The SMILES string of the molecule is Cc1ccccc1C1CNNC1C1CCN(C(=O)C(=O)c2ccccc2)CC1. The number of Topliss-reactive ketones (excluding diaryl/α,β-unsaturated/α-hetero) is 1. The zero-order valence-electron chi connectivity index (χ0n) is 16.2. The first kappa shape index (κ1) is 18.8. The predicted molar refractivity (Wildman–Crippen MR) is 109 cm³/mol. The summed E-state index contributed by atoms with van der Waals surface area (Å²) in [6.45, 7) is 4.36. The van der Waals surface area contributed by atoms with E-state index in [1.807, 2.05) is 6.07 Å². The van der Waals surface area contributed by atoms with Crippen molar-refractivity contribution in [2.45, 2.75) is 31.7 Å². The summed E-state index contributed by atoms with van der Waals surface area (Å²) in [6, 6.07) is 17.8. The smallest absolute Gasteiger partial charge is 0.294 e. The molecule has 146 valence electrons. The second-order valence-corrected chi connectivity index (χ2v) is 7.84. The van der Waals surface area contributed by atoms with Gasteiger partial charge in [0.15, 0.2) is 0 Å². The van der Waals surface area contributed by atoms with E-state index in [1.165, 1.54) is 11.1 Å². The van der Waals surface area contributed by atoms with Gasteiger partial charge in [0, 0.05) is 37.2 Å². The summed E-state index contributed by atoms with van der Waals surface area (Å²) in [4.78, 5) is 26.8. The zero-order valence-corrected chi connectivity index (χ0v) is 16.2. The quantitative estimate of drug-likeness (QED) is 0.635. The molecule has 2 aliphatic heterocycles. The average molecular weight is 377 g/mol. The fourth-order valence-corrected chi connectivity index (χ4v) is 4.59. The number of carbonyl (C=O) groups excluding carboxylic acids is 2. The number of carbonyl (C=O) groups is 2. The highest BCUT2D eigenvalue weighted by atomic mass is 16.2. The number of hydrogen-bond acceptors (Lipinski definition) is 4. The molecule has 0 radical (unpaired) electrons. The summed E-state index contributed by atoms with van der Waals surface area (Å²) >= 11 is 0. The van der Waals surface area contributed by atoms with E-state index in [0.717, 1.165) is 19.4 Å². The van der Waals surface area contributed by atoms with Crippen molar-refractivity contribution in [3.8, 4) is 0 Å². The Morgan fingerprint density at radius 2 is 1.64 bits per heavy atom. The molecule has 28 heavy (non-hydrogen) atoms. The molecule has 2 N–H and O–H groups in total. The number of piperidine rings is 1. The van der Waals surface area contributed by atoms with Crippen molar-refractivity contribution in [1.82, 2.24) is 15.8 Å². The number of likely N-dealkylation sites (tertiary alicyclic amines) is 1. The van der Waals surface area contributed by atoms with Crippen molar-refractivity contribution >= 4 is 11.7 Å². The van der Waals surface area contributed by atoms with Gasteiger partial charge in [-0.3, -0.25) is 20.4 Å². The number of benzene rings is 2. The molecule has 5 heteroatoms. The number of nitrogens with zero attached hydrogens (tertiary/aromatic N) is 1. The van der Waals surface area contributed by atoms with Crippen LogP contribution < -0.4 is 10.9 Å². The number of ketones is 1. The van der Waals surface area contributed by atoms with Crippen LogP contribution in [-0.4, -0.2) is 42.3 Å². The molecule has 2 fully saturated rings. The standard InChI is InChI=1S/C23H27N3O2/c1-16-7-5-6-10-19(16)20-15-24-25-21(20)17-11-13-26(14-12-17)23(28)22(27)18-8-3-2-4-9-18/h2-10,17,20-21,24-25H,11-15H2,1H3. The summed E-state index contributed by atoms with van der Waals surface area (Å²) in [5.41, 5.74) is 9.99. The van der Waals surface area contributed by atoms with Crippen molar-refractivity contribution in [2.24, 2.45) is 5.92 Å². The lowest BCUT2D eigenvalue weighted by Gasteiger charge is -2.36. The van der Waals surface area contributed by atoms with Crippen molar-refractivity contribution in [3.63, 3.8) is 0 Å². The van der Waals surface area contributed by atoms with E-state index >= 15 is 0 Å². The largest absolute Gasteiger partial charge is 0.336 e. The van der Waals surface area contributed by atoms with Crippen LogP contribution in [0.5, 0.6) is 0 Å². The van der Waals surface area contributed by atoms with Crippen molar-refractivity contribution in [1.29, 1.82) is 0 Å². The Labute approximate surface area is 166 Å². The highest BCUT2D eigenvalue weighted by Crippen LogP contribution is 2.33. The monoisotopic (exact) mass is 377 g/mol. The van der Waals surface area contributed by atoms with Gasteiger partial charge in [-0.05, 0) is 36.8 Å².